The van der Waals surface area contributed by atoms with Crippen LogP contribution in [0.5, 0.6) is 0 Å². The minimum Gasteiger partial charge on any atom is -0.0922 e. The minimum absolute atomic E-state index is 0.618. The van der Waals surface area contributed by atoms with Gasteiger partial charge in [-0.25, -0.2) is 0 Å². The molecule has 2 aliphatic carbocycles. The molecule has 1 saturated carbocycles. The number of hydrogen-bond donors (Lipinski definition) is 0. The molecule has 0 spiro atoms. The minimum atomic E-state index is 0.618. The maximum absolute atomic E-state index is 3.65. The molecule has 0 saturated heterocycles. The monoisotopic (exact) mass is 264 g/mol. The summed E-state index contributed by atoms with van der Waals surface area (Å²) in [7, 11) is 0. The Morgan fingerprint density at radius 2 is 1.93 bits per heavy atom. The van der Waals surface area contributed by atoms with Crippen molar-refractivity contribution in [1.29, 1.82) is 0 Å². The van der Waals surface area contributed by atoms with Gasteiger partial charge in [-0.15, -0.1) is 0 Å². The van der Waals surface area contributed by atoms with Crippen molar-refractivity contribution in [3.8, 4) is 0 Å². The van der Waals surface area contributed by atoms with Crippen molar-refractivity contribution < 1.29 is 0 Å². The molecule has 0 bridgehead atoms. The van der Waals surface area contributed by atoms with Gasteiger partial charge in [0.1, 0.15) is 0 Å². The quantitative estimate of drug-likeness (QED) is 0.727. The molecule has 1 heteroatoms. The molecule has 3 rings (SSSR count). The number of alkyl halides is 1. The second kappa shape index (κ2) is 3.62. The Balaban J connectivity index is 1.81. The maximum atomic E-state index is 3.65. The van der Waals surface area contributed by atoms with Gasteiger partial charge >= 0.3 is 0 Å². The molecule has 0 atom stereocenters. The summed E-state index contributed by atoms with van der Waals surface area (Å²) in [5.41, 5.74) is 5.40. The molecule has 15 heavy (non-hydrogen) atoms. The summed E-state index contributed by atoms with van der Waals surface area (Å²) in [6, 6.07) is 7.18. The lowest BCUT2D eigenvalue weighted by atomic mass is 9.96. The van der Waals surface area contributed by atoms with Crippen molar-refractivity contribution in [2.45, 2.75) is 38.5 Å². The number of halogens is 1. The maximum Gasteiger partial charge on any atom is 0.00911 e. The molecule has 1 aromatic rings. The highest BCUT2D eigenvalue weighted by molar-refractivity contribution is 9.09. The van der Waals surface area contributed by atoms with Crippen LogP contribution in [0.2, 0.25) is 0 Å². The zero-order chi connectivity index (χ0) is 10.3. The largest absolute Gasteiger partial charge is 0.0922 e. The molecule has 0 unspecified atom stereocenters. The summed E-state index contributed by atoms with van der Waals surface area (Å²) in [6.45, 7) is 0. The first kappa shape index (κ1) is 9.89. The molecule has 80 valence electrons. The van der Waals surface area contributed by atoms with Crippen LogP contribution in [0.25, 0.3) is 0 Å². The summed E-state index contributed by atoms with van der Waals surface area (Å²) in [6.07, 6.45) is 8.09. The Bertz CT molecular complexity index is 377. The molecule has 1 aromatic carbocycles. The van der Waals surface area contributed by atoms with Crippen molar-refractivity contribution >= 4 is 15.9 Å². The lowest BCUT2D eigenvalue weighted by molar-refractivity contribution is 0.586. The van der Waals surface area contributed by atoms with Gasteiger partial charge in [0.05, 0.1) is 0 Å². The third-order valence-corrected chi connectivity index (χ3v) is 5.17. The Hall–Kier alpha value is -0.300. The highest BCUT2D eigenvalue weighted by Crippen LogP contribution is 2.49. The van der Waals surface area contributed by atoms with E-state index in [0.29, 0.717) is 5.41 Å². The van der Waals surface area contributed by atoms with E-state index in [2.05, 4.69) is 34.1 Å². The number of hydrogen-bond acceptors (Lipinski definition) is 0. The predicted octanol–water partition coefficient (Wildman–Crippen LogP) is 3.89. The van der Waals surface area contributed by atoms with Crippen LogP contribution < -0.4 is 0 Å². The first-order valence-electron chi connectivity index (χ1n) is 5.98. The van der Waals surface area contributed by atoms with Crippen molar-refractivity contribution in [2.24, 2.45) is 5.41 Å². The smallest absolute Gasteiger partial charge is 0.00911 e. The zero-order valence-corrected chi connectivity index (χ0v) is 10.6. The van der Waals surface area contributed by atoms with Crippen molar-refractivity contribution in [3.63, 3.8) is 0 Å². The van der Waals surface area contributed by atoms with Gasteiger partial charge in [0.15, 0.2) is 0 Å². The van der Waals surface area contributed by atoms with Crippen LogP contribution in [0.3, 0.4) is 0 Å². The zero-order valence-electron chi connectivity index (χ0n) is 9.06. The van der Waals surface area contributed by atoms with E-state index in [4.69, 9.17) is 0 Å². The first-order valence-corrected chi connectivity index (χ1v) is 7.10. The van der Waals surface area contributed by atoms with Crippen molar-refractivity contribution in [1.82, 2.24) is 0 Å². The standard InChI is InChI=1S/C14H17Br/c15-10-14(6-7-14)9-11-4-5-12-2-1-3-13(12)8-11/h4-5,8H,1-3,6-7,9-10H2. The molecular formula is C14H17Br. The van der Waals surface area contributed by atoms with Gasteiger partial charge in [-0.1, -0.05) is 34.1 Å². The van der Waals surface area contributed by atoms with Gasteiger partial charge in [0.2, 0.25) is 0 Å². The van der Waals surface area contributed by atoms with Gasteiger partial charge in [-0.2, -0.15) is 0 Å². The Morgan fingerprint density at radius 3 is 2.67 bits per heavy atom. The van der Waals surface area contributed by atoms with Crippen LogP contribution in [-0.4, -0.2) is 5.33 Å². The fourth-order valence-electron chi connectivity index (χ4n) is 2.70. The lowest BCUT2D eigenvalue weighted by Crippen LogP contribution is -2.06. The predicted molar refractivity (Wildman–Crippen MR) is 67.6 cm³/mol. The molecule has 0 amide bonds. The average molecular weight is 265 g/mol. The van der Waals surface area contributed by atoms with E-state index in [0.717, 1.165) is 0 Å². The summed E-state index contributed by atoms with van der Waals surface area (Å²) in [5.74, 6) is 0. The molecule has 0 heterocycles. The van der Waals surface area contributed by atoms with E-state index < -0.39 is 0 Å². The van der Waals surface area contributed by atoms with E-state index in [1.54, 1.807) is 16.7 Å². The normalized spacial score (nSPS) is 21.4. The third-order valence-electron chi connectivity index (χ3n) is 3.98. The van der Waals surface area contributed by atoms with E-state index in [9.17, 15) is 0 Å². The third kappa shape index (κ3) is 1.87. The topological polar surface area (TPSA) is 0 Å². The van der Waals surface area contributed by atoms with E-state index in [1.165, 1.54) is 43.9 Å². The van der Waals surface area contributed by atoms with Gasteiger partial charge in [0, 0.05) is 5.33 Å². The molecule has 1 fully saturated rings. The fraction of sp³-hybridized carbons (Fsp3) is 0.571. The summed E-state index contributed by atoms with van der Waals surface area (Å²) >= 11 is 3.65. The SMILES string of the molecule is BrCC1(Cc2ccc3c(c2)CCC3)CC1. The van der Waals surface area contributed by atoms with Gasteiger partial charge < -0.3 is 0 Å². The number of aryl methyl sites for hydroxylation is 2. The van der Waals surface area contributed by atoms with Crippen LogP contribution >= 0.6 is 15.9 Å². The summed E-state index contributed by atoms with van der Waals surface area (Å²) < 4.78 is 0. The second-order valence-electron chi connectivity index (χ2n) is 5.27. The van der Waals surface area contributed by atoms with Crippen LogP contribution in [0, 0.1) is 5.41 Å². The average Bonchev–Trinajstić information content (AvgIpc) is 2.88. The molecule has 0 nitrogen and oxygen atoms in total. The fourth-order valence-corrected chi connectivity index (χ4v) is 3.46. The van der Waals surface area contributed by atoms with Crippen molar-refractivity contribution in [2.75, 3.05) is 5.33 Å². The van der Waals surface area contributed by atoms with Crippen LogP contribution in [0.4, 0.5) is 0 Å². The highest BCUT2D eigenvalue weighted by Gasteiger charge is 2.41. The molecule has 0 aliphatic heterocycles. The van der Waals surface area contributed by atoms with E-state index in [1.807, 2.05) is 0 Å². The number of rotatable bonds is 3. The highest BCUT2D eigenvalue weighted by atomic mass is 79.9. The van der Waals surface area contributed by atoms with Gasteiger partial charge in [0.25, 0.3) is 0 Å². The van der Waals surface area contributed by atoms with Crippen LogP contribution in [-0.2, 0) is 19.3 Å². The molecule has 0 aromatic heterocycles. The van der Waals surface area contributed by atoms with Crippen molar-refractivity contribution in [3.05, 3.63) is 34.9 Å². The number of benzene rings is 1. The molecule has 2 aliphatic rings. The Kier molecular flexibility index (Phi) is 2.39. The van der Waals surface area contributed by atoms with E-state index in [-0.39, 0.29) is 0 Å². The molecule has 0 N–H and O–H groups in total. The number of fused-ring (bicyclic) bond motifs is 1. The first-order chi connectivity index (χ1) is 7.31. The lowest BCUT2D eigenvalue weighted by Gasteiger charge is -2.12. The second-order valence-corrected chi connectivity index (χ2v) is 5.83. The van der Waals surface area contributed by atoms with Crippen LogP contribution in [0.1, 0.15) is 36.0 Å². The van der Waals surface area contributed by atoms with Gasteiger partial charge in [-0.3, -0.25) is 0 Å². The van der Waals surface area contributed by atoms with Crippen LogP contribution in [0.15, 0.2) is 18.2 Å². The summed E-state index contributed by atoms with van der Waals surface area (Å²) in [4.78, 5) is 0. The van der Waals surface area contributed by atoms with E-state index >= 15 is 0 Å². The molecule has 0 radical (unpaired) electrons. The summed E-state index contributed by atoms with van der Waals surface area (Å²) in [5, 5.41) is 1.18. The molecular weight excluding hydrogens is 248 g/mol. The Morgan fingerprint density at radius 1 is 1.13 bits per heavy atom. The van der Waals surface area contributed by atoms with Gasteiger partial charge in [-0.05, 0) is 60.6 Å². The Labute approximate surface area is 100 Å².